The minimum absolute atomic E-state index is 0.196. The maximum Gasteiger partial charge on any atom is 0.161 e. The van der Waals surface area contributed by atoms with Crippen molar-refractivity contribution in [3.63, 3.8) is 0 Å². The van der Waals surface area contributed by atoms with Crippen LogP contribution in [0.3, 0.4) is 0 Å². The fourth-order valence-corrected chi connectivity index (χ4v) is 10.1. The van der Waals surface area contributed by atoms with Crippen molar-refractivity contribution in [3.8, 4) is 56.3 Å². The van der Waals surface area contributed by atoms with Gasteiger partial charge in [0.25, 0.3) is 0 Å². The van der Waals surface area contributed by atoms with E-state index in [1.807, 2.05) is 12.3 Å². The first-order valence-corrected chi connectivity index (χ1v) is 23.6. The second-order valence-corrected chi connectivity index (χ2v) is 20.8. The van der Waals surface area contributed by atoms with Crippen molar-refractivity contribution in [2.45, 2.75) is 71.6 Å². The molecule has 0 unspecified atom stereocenters. The van der Waals surface area contributed by atoms with E-state index in [9.17, 15) is 5.11 Å². The number of rotatable bonds is 7. The number of para-hydroxylation sites is 2. The van der Waals surface area contributed by atoms with Crippen molar-refractivity contribution >= 4 is 43.7 Å². The van der Waals surface area contributed by atoms with Crippen LogP contribution < -0.4 is 0 Å². The monoisotopic (exact) mass is 885 g/mol. The summed E-state index contributed by atoms with van der Waals surface area (Å²) in [7, 11) is 0. The normalized spacial score (nSPS) is 12.5. The number of benzene rings is 8. The first-order chi connectivity index (χ1) is 32.7. The van der Waals surface area contributed by atoms with Gasteiger partial charge >= 0.3 is 0 Å². The minimum Gasteiger partial charge on any atom is -0.507 e. The van der Waals surface area contributed by atoms with Gasteiger partial charge in [0, 0.05) is 44.6 Å². The molecule has 3 aromatic heterocycles. The summed E-state index contributed by atoms with van der Waals surface area (Å²) in [5.41, 5.74) is 14.3. The number of pyridine rings is 1. The topological polar surface area (TPSA) is 64.1 Å². The molecule has 11 aromatic rings. The molecule has 0 atom stereocenters. The Labute approximate surface area is 398 Å². The number of phenols is 1. The average Bonchev–Trinajstić information content (AvgIpc) is 3.93. The van der Waals surface area contributed by atoms with Crippen LogP contribution in [0.1, 0.15) is 77.6 Å². The molecular formula is C63H55N3O2. The third kappa shape index (κ3) is 7.16. The fraction of sp³-hybridized carbons (Fsp3) is 0.175. The molecule has 1 N–H and O–H groups in total. The molecule has 0 spiro atoms. The van der Waals surface area contributed by atoms with E-state index in [-0.39, 0.29) is 22.0 Å². The summed E-state index contributed by atoms with van der Waals surface area (Å²) < 4.78 is 9.07. The van der Waals surface area contributed by atoms with Gasteiger partial charge in [-0.1, -0.05) is 189 Å². The summed E-state index contributed by atoms with van der Waals surface area (Å²) in [4.78, 5) is 10.8. The van der Waals surface area contributed by atoms with E-state index in [2.05, 4.69) is 230 Å². The van der Waals surface area contributed by atoms with Crippen molar-refractivity contribution < 1.29 is 9.52 Å². The number of phenolic OH excluding ortho intramolecular Hbond substituents is 1. The molecule has 0 aliphatic heterocycles. The first kappa shape index (κ1) is 42.8. The number of aromatic hydroxyl groups is 1. The molecule has 8 aromatic carbocycles. The van der Waals surface area contributed by atoms with Crippen molar-refractivity contribution in [1.82, 2.24) is 14.5 Å². The quantitative estimate of drug-likeness (QED) is 0.173. The van der Waals surface area contributed by atoms with E-state index in [1.165, 1.54) is 10.9 Å². The summed E-state index contributed by atoms with van der Waals surface area (Å²) in [6.07, 6.45) is 1.91. The second-order valence-electron chi connectivity index (χ2n) is 20.8. The van der Waals surface area contributed by atoms with E-state index in [0.717, 1.165) is 94.2 Å². The van der Waals surface area contributed by atoms with E-state index < -0.39 is 0 Å². The summed E-state index contributed by atoms with van der Waals surface area (Å²) >= 11 is 0. The largest absolute Gasteiger partial charge is 0.507 e. The third-order valence-corrected chi connectivity index (χ3v) is 14.0. The van der Waals surface area contributed by atoms with Gasteiger partial charge < -0.3 is 9.52 Å². The predicted octanol–water partition coefficient (Wildman–Crippen LogP) is 16.8. The van der Waals surface area contributed by atoms with Gasteiger partial charge in [-0.15, -0.1) is 0 Å². The molecule has 11 rings (SSSR count). The molecule has 334 valence electrons. The number of nitrogens with zero attached hydrogens (tertiary/aromatic N) is 3. The standard InChI is InChI=1S/C63H55N3O2/c1-61(2,3)44-37-50(58(67)51(38-44)62(4,5)6)60-65-57-48(27-19-29-53(57)66(60)52-28-18-17-25-46(52)39-20-11-9-12-21-39)41-34-42(36-45(35-41)63(7,8)43-23-13-10-14-24-43)56-59-49(32-33-64-56)55-47-26-16-15-22-40(47)30-31-54(55)68-59/h9-38,67H,1-8H3. The zero-order chi connectivity index (χ0) is 47.1. The van der Waals surface area contributed by atoms with Gasteiger partial charge in [-0.25, -0.2) is 4.98 Å². The van der Waals surface area contributed by atoms with Crippen molar-refractivity contribution in [2.75, 3.05) is 0 Å². The average molecular weight is 886 g/mol. The maximum atomic E-state index is 12.6. The Morgan fingerprint density at radius 1 is 0.515 bits per heavy atom. The number of imidazole rings is 1. The van der Waals surface area contributed by atoms with Gasteiger partial charge in [-0.3, -0.25) is 9.55 Å². The molecule has 5 nitrogen and oxygen atoms in total. The van der Waals surface area contributed by atoms with Gasteiger partial charge in [0.15, 0.2) is 5.58 Å². The number of hydrogen-bond acceptors (Lipinski definition) is 4. The van der Waals surface area contributed by atoms with E-state index in [4.69, 9.17) is 14.4 Å². The van der Waals surface area contributed by atoms with Crippen LogP contribution in [-0.2, 0) is 16.2 Å². The van der Waals surface area contributed by atoms with Crippen LogP contribution >= 0.6 is 0 Å². The zero-order valence-electron chi connectivity index (χ0n) is 40.0. The number of fused-ring (bicyclic) bond motifs is 6. The van der Waals surface area contributed by atoms with Crippen LogP contribution in [0.25, 0.3) is 94.3 Å². The summed E-state index contributed by atoms with van der Waals surface area (Å²) in [6.45, 7) is 17.7. The van der Waals surface area contributed by atoms with Gasteiger partial charge in [-0.2, -0.15) is 0 Å². The molecule has 0 amide bonds. The molecule has 0 saturated heterocycles. The summed E-state index contributed by atoms with van der Waals surface area (Å²) in [6, 6.07) is 62.2. The predicted molar refractivity (Wildman–Crippen MR) is 283 cm³/mol. The zero-order valence-corrected chi connectivity index (χ0v) is 40.0. The van der Waals surface area contributed by atoms with Crippen LogP contribution in [-0.4, -0.2) is 19.6 Å². The van der Waals surface area contributed by atoms with Crippen LogP contribution in [0.15, 0.2) is 187 Å². The fourth-order valence-electron chi connectivity index (χ4n) is 10.1. The van der Waals surface area contributed by atoms with Gasteiger partial charge in [0.05, 0.1) is 22.3 Å². The van der Waals surface area contributed by atoms with Crippen LogP contribution in [0.2, 0.25) is 0 Å². The highest BCUT2D eigenvalue weighted by molar-refractivity contribution is 6.20. The van der Waals surface area contributed by atoms with Crippen LogP contribution in [0.4, 0.5) is 0 Å². The lowest BCUT2D eigenvalue weighted by Gasteiger charge is -2.27. The lowest BCUT2D eigenvalue weighted by Crippen LogP contribution is -2.19. The van der Waals surface area contributed by atoms with Gasteiger partial charge in [-0.05, 0) is 91.9 Å². The van der Waals surface area contributed by atoms with Crippen LogP contribution in [0.5, 0.6) is 5.75 Å². The second kappa shape index (κ2) is 16.0. The Hall–Kier alpha value is -7.76. The first-order valence-electron chi connectivity index (χ1n) is 23.6. The van der Waals surface area contributed by atoms with E-state index >= 15 is 0 Å². The van der Waals surface area contributed by atoms with E-state index in [0.29, 0.717) is 11.4 Å². The molecule has 0 bridgehead atoms. The Morgan fingerprint density at radius 2 is 1.21 bits per heavy atom. The molecule has 5 heteroatoms. The third-order valence-electron chi connectivity index (χ3n) is 14.0. The lowest BCUT2D eigenvalue weighted by molar-refractivity contribution is 0.446. The van der Waals surface area contributed by atoms with Gasteiger partial charge in [0.2, 0.25) is 0 Å². The molecule has 68 heavy (non-hydrogen) atoms. The smallest absolute Gasteiger partial charge is 0.161 e. The van der Waals surface area contributed by atoms with Crippen molar-refractivity contribution in [3.05, 3.63) is 204 Å². The summed E-state index contributed by atoms with van der Waals surface area (Å²) in [5.74, 6) is 0.916. The molecule has 0 radical (unpaired) electrons. The van der Waals surface area contributed by atoms with E-state index in [1.54, 1.807) is 0 Å². The SMILES string of the molecule is CC(C)(C)c1cc(-c2nc3c(-c4cc(-c5nccc6c5oc5ccc7ccccc7c56)cc(C(C)(C)c5ccccc5)c4)cccc3n2-c2ccccc2-c2ccccc2)c(O)c(C(C)(C)C)c1. The molecule has 3 heterocycles. The Bertz CT molecular complexity index is 3730. The molecule has 0 fully saturated rings. The highest BCUT2D eigenvalue weighted by atomic mass is 16.3. The molecule has 0 saturated carbocycles. The number of furan rings is 1. The number of hydrogen-bond donors (Lipinski definition) is 1. The Morgan fingerprint density at radius 3 is 1.97 bits per heavy atom. The van der Waals surface area contributed by atoms with Crippen molar-refractivity contribution in [2.24, 2.45) is 0 Å². The lowest BCUT2D eigenvalue weighted by atomic mass is 9.76. The minimum atomic E-state index is -0.389. The molecule has 0 aliphatic carbocycles. The molecule has 0 aliphatic rings. The van der Waals surface area contributed by atoms with Crippen molar-refractivity contribution in [1.29, 1.82) is 0 Å². The van der Waals surface area contributed by atoms with Gasteiger partial charge in [0.1, 0.15) is 22.9 Å². The number of aromatic nitrogens is 3. The highest BCUT2D eigenvalue weighted by Gasteiger charge is 2.30. The Kier molecular flexibility index (Phi) is 10.1. The van der Waals surface area contributed by atoms with Crippen LogP contribution in [0, 0.1) is 0 Å². The Balaban J connectivity index is 1.22. The molecular weight excluding hydrogens is 831 g/mol. The highest BCUT2D eigenvalue weighted by Crippen LogP contribution is 2.47. The summed E-state index contributed by atoms with van der Waals surface area (Å²) in [5, 5.41) is 17.0. The maximum absolute atomic E-state index is 12.6.